The van der Waals surface area contributed by atoms with Crippen molar-refractivity contribution in [3.63, 3.8) is 0 Å². The van der Waals surface area contributed by atoms with Crippen molar-refractivity contribution in [2.24, 2.45) is 5.41 Å². The second-order valence-electron chi connectivity index (χ2n) is 5.58. The van der Waals surface area contributed by atoms with Gasteiger partial charge >= 0.3 is 5.97 Å². The Morgan fingerprint density at radius 1 is 1.42 bits per heavy atom. The highest BCUT2D eigenvalue weighted by molar-refractivity contribution is 5.88. The Balaban J connectivity index is 2.94. The van der Waals surface area contributed by atoms with Crippen LogP contribution in [0.4, 0.5) is 10.1 Å². The molecule has 0 amide bonds. The molecular formula is C14H20FNO3. The predicted molar refractivity (Wildman–Crippen MR) is 71.9 cm³/mol. The van der Waals surface area contributed by atoms with E-state index in [4.69, 9.17) is 10.2 Å². The summed E-state index contributed by atoms with van der Waals surface area (Å²) in [5.74, 6) is -1.76. The Morgan fingerprint density at radius 2 is 2.05 bits per heavy atom. The van der Waals surface area contributed by atoms with Crippen molar-refractivity contribution in [1.29, 1.82) is 0 Å². The zero-order valence-corrected chi connectivity index (χ0v) is 11.4. The molecule has 1 rings (SSSR count). The Morgan fingerprint density at radius 3 is 2.47 bits per heavy atom. The Labute approximate surface area is 112 Å². The number of carbonyl (C=O) groups is 1. The summed E-state index contributed by atoms with van der Waals surface area (Å²) in [6, 6.07) is 3.65. The zero-order valence-electron chi connectivity index (χ0n) is 11.4. The van der Waals surface area contributed by atoms with Gasteiger partial charge in [-0.15, -0.1) is 0 Å². The number of carboxylic acids is 1. The van der Waals surface area contributed by atoms with Gasteiger partial charge in [0.25, 0.3) is 0 Å². The van der Waals surface area contributed by atoms with Crippen LogP contribution in [0.25, 0.3) is 0 Å². The molecule has 0 saturated heterocycles. The smallest absolute Gasteiger partial charge is 0.335 e. The lowest BCUT2D eigenvalue weighted by Crippen LogP contribution is -2.35. The maximum Gasteiger partial charge on any atom is 0.335 e. The highest BCUT2D eigenvalue weighted by Crippen LogP contribution is 2.27. The molecule has 19 heavy (non-hydrogen) atoms. The van der Waals surface area contributed by atoms with E-state index in [1.54, 1.807) is 0 Å². The van der Waals surface area contributed by atoms with E-state index < -0.39 is 11.8 Å². The summed E-state index contributed by atoms with van der Waals surface area (Å²) in [7, 11) is 0. The minimum Gasteiger partial charge on any atom is -0.478 e. The van der Waals surface area contributed by atoms with Crippen LogP contribution in [0.15, 0.2) is 18.2 Å². The third-order valence-corrected chi connectivity index (χ3v) is 3.01. The first-order valence-electron chi connectivity index (χ1n) is 6.16. The summed E-state index contributed by atoms with van der Waals surface area (Å²) < 4.78 is 13.8. The van der Waals surface area contributed by atoms with Crippen molar-refractivity contribution >= 4 is 11.7 Å². The summed E-state index contributed by atoms with van der Waals surface area (Å²) in [6.07, 6.45) is 0.490. The number of carboxylic acid groups (broad SMARTS) is 1. The van der Waals surface area contributed by atoms with Crippen LogP contribution in [0.5, 0.6) is 0 Å². The fourth-order valence-corrected chi connectivity index (χ4v) is 1.80. The van der Waals surface area contributed by atoms with Gasteiger partial charge in [-0.3, -0.25) is 0 Å². The number of aliphatic hydroxyl groups excluding tert-OH is 1. The lowest BCUT2D eigenvalue weighted by Gasteiger charge is -2.32. The van der Waals surface area contributed by atoms with Crippen molar-refractivity contribution in [2.45, 2.75) is 33.2 Å². The second-order valence-corrected chi connectivity index (χ2v) is 5.58. The third kappa shape index (κ3) is 4.21. The van der Waals surface area contributed by atoms with E-state index >= 15 is 0 Å². The fourth-order valence-electron chi connectivity index (χ4n) is 1.80. The van der Waals surface area contributed by atoms with Crippen LogP contribution in [0.2, 0.25) is 0 Å². The highest BCUT2D eigenvalue weighted by atomic mass is 19.1. The van der Waals surface area contributed by atoms with Crippen molar-refractivity contribution < 1.29 is 19.4 Å². The largest absolute Gasteiger partial charge is 0.478 e. The van der Waals surface area contributed by atoms with Gasteiger partial charge in [0.05, 0.1) is 11.3 Å². The first kappa shape index (κ1) is 15.4. The van der Waals surface area contributed by atoms with E-state index in [1.807, 2.05) is 20.8 Å². The second kappa shape index (κ2) is 6.02. The topological polar surface area (TPSA) is 69.6 Å². The molecule has 1 aromatic rings. The third-order valence-electron chi connectivity index (χ3n) is 3.01. The van der Waals surface area contributed by atoms with E-state index in [9.17, 15) is 9.18 Å². The van der Waals surface area contributed by atoms with Gasteiger partial charge in [0.2, 0.25) is 0 Å². The number of benzene rings is 1. The highest BCUT2D eigenvalue weighted by Gasteiger charge is 2.24. The number of nitrogens with one attached hydrogen (secondary N) is 1. The van der Waals surface area contributed by atoms with Crippen molar-refractivity contribution in [2.75, 3.05) is 11.9 Å². The van der Waals surface area contributed by atoms with Crippen molar-refractivity contribution in [1.82, 2.24) is 0 Å². The molecule has 5 heteroatoms. The minimum atomic E-state index is -1.16. The molecule has 0 aromatic heterocycles. The van der Waals surface area contributed by atoms with Crippen LogP contribution < -0.4 is 5.32 Å². The van der Waals surface area contributed by atoms with Gasteiger partial charge in [0.15, 0.2) is 0 Å². The number of aromatic carboxylic acids is 1. The number of anilines is 1. The number of aliphatic hydroxyl groups is 1. The number of hydrogen-bond donors (Lipinski definition) is 3. The van der Waals surface area contributed by atoms with Gasteiger partial charge in [-0.2, -0.15) is 0 Å². The van der Waals surface area contributed by atoms with Crippen LogP contribution in [-0.2, 0) is 0 Å². The molecule has 1 unspecified atom stereocenters. The van der Waals surface area contributed by atoms with Gasteiger partial charge in [-0.25, -0.2) is 9.18 Å². The standard InChI is InChI=1S/C14H20FNO3/c1-14(2,3)12(6-7-17)16-11-5-4-9(13(18)19)8-10(11)15/h4-5,8,12,16-17H,6-7H2,1-3H3,(H,18,19). The molecule has 0 aliphatic heterocycles. The SMILES string of the molecule is CC(C)(C)C(CCO)Nc1ccc(C(=O)O)cc1F. The van der Waals surface area contributed by atoms with E-state index in [2.05, 4.69) is 5.32 Å². The van der Waals surface area contributed by atoms with Gasteiger partial charge in [-0.1, -0.05) is 20.8 Å². The Kier molecular flexibility index (Phi) is 4.89. The molecule has 0 spiro atoms. The monoisotopic (exact) mass is 269 g/mol. The molecule has 3 N–H and O–H groups in total. The summed E-state index contributed by atoms with van der Waals surface area (Å²) in [5.41, 5.74) is 0.0107. The van der Waals surface area contributed by atoms with Crippen LogP contribution >= 0.6 is 0 Å². The van der Waals surface area contributed by atoms with Crippen LogP contribution in [0.1, 0.15) is 37.6 Å². The molecule has 0 bridgehead atoms. The van der Waals surface area contributed by atoms with E-state index in [0.717, 1.165) is 6.07 Å². The van der Waals surface area contributed by atoms with Gasteiger partial charge in [-0.05, 0) is 30.0 Å². The molecule has 4 nitrogen and oxygen atoms in total. The quantitative estimate of drug-likeness (QED) is 0.768. The molecule has 0 saturated carbocycles. The van der Waals surface area contributed by atoms with Gasteiger partial charge < -0.3 is 15.5 Å². The number of halogens is 1. The van der Waals surface area contributed by atoms with Gasteiger partial charge in [0.1, 0.15) is 5.82 Å². The van der Waals surface area contributed by atoms with E-state index in [1.165, 1.54) is 12.1 Å². The summed E-state index contributed by atoms with van der Waals surface area (Å²) >= 11 is 0. The molecule has 0 radical (unpaired) electrons. The number of rotatable bonds is 5. The average molecular weight is 269 g/mol. The molecular weight excluding hydrogens is 249 g/mol. The summed E-state index contributed by atoms with van der Waals surface area (Å²) in [4.78, 5) is 10.7. The lowest BCUT2D eigenvalue weighted by atomic mass is 9.84. The summed E-state index contributed by atoms with van der Waals surface area (Å²) in [5, 5.41) is 20.9. The maximum absolute atomic E-state index is 13.8. The Hall–Kier alpha value is -1.62. The van der Waals surface area contributed by atoms with Crippen molar-refractivity contribution in [3.05, 3.63) is 29.6 Å². The van der Waals surface area contributed by atoms with Crippen LogP contribution in [0, 0.1) is 11.2 Å². The normalized spacial score (nSPS) is 13.1. The average Bonchev–Trinajstić information content (AvgIpc) is 2.29. The molecule has 0 aliphatic carbocycles. The van der Waals surface area contributed by atoms with E-state index in [0.29, 0.717) is 6.42 Å². The van der Waals surface area contributed by atoms with Crippen LogP contribution in [-0.4, -0.2) is 28.8 Å². The number of hydrogen-bond acceptors (Lipinski definition) is 3. The Bertz CT molecular complexity index is 454. The molecule has 0 fully saturated rings. The first-order valence-corrected chi connectivity index (χ1v) is 6.16. The van der Waals surface area contributed by atoms with E-state index in [-0.39, 0.29) is 29.3 Å². The molecule has 0 heterocycles. The fraction of sp³-hybridized carbons (Fsp3) is 0.500. The predicted octanol–water partition coefficient (Wildman–Crippen LogP) is 2.73. The summed E-state index contributed by atoms with van der Waals surface area (Å²) in [6.45, 7) is 5.97. The first-order chi connectivity index (χ1) is 8.75. The molecule has 0 aliphatic rings. The van der Waals surface area contributed by atoms with Crippen LogP contribution in [0.3, 0.4) is 0 Å². The zero-order chi connectivity index (χ0) is 14.6. The molecule has 106 valence electrons. The molecule has 1 aromatic carbocycles. The van der Waals surface area contributed by atoms with Gasteiger partial charge in [0, 0.05) is 12.6 Å². The maximum atomic E-state index is 13.8. The molecule has 1 atom stereocenters. The lowest BCUT2D eigenvalue weighted by molar-refractivity contribution is 0.0696. The van der Waals surface area contributed by atoms with Crippen molar-refractivity contribution in [3.8, 4) is 0 Å². The minimum absolute atomic E-state index is 0.00374.